The quantitative estimate of drug-likeness (QED) is 0.846. The Hall–Kier alpha value is -1.00. The molecule has 1 aromatic carbocycles. The molecule has 0 aliphatic carbocycles. The predicted molar refractivity (Wildman–Crippen MR) is 63.9 cm³/mol. The Kier molecular flexibility index (Phi) is 3.51. The number of benzene rings is 1. The molecule has 0 saturated carbocycles. The summed E-state index contributed by atoms with van der Waals surface area (Å²) in [6.07, 6.45) is 0.528. The Morgan fingerprint density at radius 1 is 1.25 bits per heavy atom. The van der Waals surface area contributed by atoms with Gasteiger partial charge in [0.1, 0.15) is 5.82 Å². The van der Waals surface area contributed by atoms with Crippen molar-refractivity contribution in [2.24, 2.45) is 0 Å². The molecule has 0 amide bonds. The molecule has 2 nitrogen and oxygen atoms in total. The molecule has 0 aliphatic heterocycles. The SMILES string of the molecule is Fc1cccc(Cc2cc(Br)c(Cl)nn2)c1. The van der Waals surface area contributed by atoms with Gasteiger partial charge in [0.05, 0.1) is 10.2 Å². The predicted octanol–water partition coefficient (Wildman–Crippen LogP) is 3.62. The number of aromatic nitrogens is 2. The Labute approximate surface area is 106 Å². The van der Waals surface area contributed by atoms with Crippen molar-refractivity contribution in [1.82, 2.24) is 10.2 Å². The van der Waals surface area contributed by atoms with E-state index in [4.69, 9.17) is 11.6 Å². The van der Waals surface area contributed by atoms with Crippen LogP contribution in [0.2, 0.25) is 5.15 Å². The van der Waals surface area contributed by atoms with E-state index in [9.17, 15) is 4.39 Å². The van der Waals surface area contributed by atoms with Gasteiger partial charge in [-0.3, -0.25) is 0 Å². The van der Waals surface area contributed by atoms with Gasteiger partial charge in [-0.05, 0) is 39.7 Å². The average Bonchev–Trinajstić information content (AvgIpc) is 2.24. The monoisotopic (exact) mass is 300 g/mol. The van der Waals surface area contributed by atoms with Crippen molar-refractivity contribution >= 4 is 27.5 Å². The molecule has 2 rings (SSSR count). The first kappa shape index (κ1) is 11.5. The highest BCUT2D eigenvalue weighted by Crippen LogP contribution is 2.20. The summed E-state index contributed by atoms with van der Waals surface area (Å²) >= 11 is 8.99. The first-order chi connectivity index (χ1) is 7.65. The molecular formula is C11H7BrClFN2. The zero-order chi connectivity index (χ0) is 11.5. The zero-order valence-corrected chi connectivity index (χ0v) is 10.5. The van der Waals surface area contributed by atoms with E-state index in [0.717, 1.165) is 11.3 Å². The summed E-state index contributed by atoms with van der Waals surface area (Å²) in [5.74, 6) is -0.251. The van der Waals surface area contributed by atoms with Gasteiger partial charge < -0.3 is 0 Å². The van der Waals surface area contributed by atoms with Crippen molar-refractivity contribution in [1.29, 1.82) is 0 Å². The van der Waals surface area contributed by atoms with Crippen LogP contribution in [0.1, 0.15) is 11.3 Å². The van der Waals surface area contributed by atoms with Gasteiger partial charge >= 0.3 is 0 Å². The molecule has 82 valence electrons. The van der Waals surface area contributed by atoms with Crippen molar-refractivity contribution in [3.63, 3.8) is 0 Å². The van der Waals surface area contributed by atoms with Crippen LogP contribution in [0.3, 0.4) is 0 Å². The van der Waals surface area contributed by atoms with Crippen LogP contribution in [0.5, 0.6) is 0 Å². The number of rotatable bonds is 2. The van der Waals surface area contributed by atoms with Gasteiger partial charge in [-0.15, -0.1) is 5.10 Å². The molecule has 0 unspecified atom stereocenters. The highest BCUT2D eigenvalue weighted by atomic mass is 79.9. The van der Waals surface area contributed by atoms with Crippen LogP contribution in [-0.2, 0) is 6.42 Å². The summed E-state index contributed by atoms with van der Waals surface area (Å²) in [4.78, 5) is 0. The van der Waals surface area contributed by atoms with Gasteiger partial charge in [-0.25, -0.2) is 4.39 Å². The van der Waals surface area contributed by atoms with Crippen molar-refractivity contribution in [2.75, 3.05) is 0 Å². The van der Waals surface area contributed by atoms with Crippen molar-refractivity contribution in [3.05, 3.63) is 57.0 Å². The van der Waals surface area contributed by atoms with E-state index in [0.29, 0.717) is 16.0 Å². The molecule has 0 bridgehead atoms. The van der Waals surface area contributed by atoms with E-state index in [1.807, 2.05) is 6.07 Å². The summed E-state index contributed by atoms with van der Waals surface area (Å²) in [6, 6.07) is 8.17. The van der Waals surface area contributed by atoms with Crippen LogP contribution >= 0.6 is 27.5 Å². The Morgan fingerprint density at radius 3 is 2.75 bits per heavy atom. The van der Waals surface area contributed by atoms with Crippen molar-refractivity contribution in [2.45, 2.75) is 6.42 Å². The van der Waals surface area contributed by atoms with E-state index in [1.54, 1.807) is 12.1 Å². The maximum Gasteiger partial charge on any atom is 0.165 e. The van der Waals surface area contributed by atoms with Gasteiger partial charge in [0, 0.05) is 6.42 Å². The summed E-state index contributed by atoms with van der Waals surface area (Å²) in [5.41, 5.74) is 1.59. The lowest BCUT2D eigenvalue weighted by molar-refractivity contribution is 0.626. The molecule has 1 aromatic heterocycles. The lowest BCUT2D eigenvalue weighted by Gasteiger charge is -2.02. The minimum Gasteiger partial charge on any atom is -0.207 e. The van der Waals surface area contributed by atoms with Crippen LogP contribution < -0.4 is 0 Å². The second-order valence-electron chi connectivity index (χ2n) is 3.28. The van der Waals surface area contributed by atoms with E-state index in [2.05, 4.69) is 26.1 Å². The molecule has 0 spiro atoms. The minimum atomic E-state index is -0.251. The lowest BCUT2D eigenvalue weighted by Crippen LogP contribution is -1.95. The molecule has 0 fully saturated rings. The van der Waals surface area contributed by atoms with E-state index >= 15 is 0 Å². The number of hydrogen-bond acceptors (Lipinski definition) is 2. The zero-order valence-electron chi connectivity index (χ0n) is 8.12. The molecule has 5 heteroatoms. The molecule has 0 atom stereocenters. The van der Waals surface area contributed by atoms with Crippen molar-refractivity contribution < 1.29 is 4.39 Å². The van der Waals surface area contributed by atoms with E-state index < -0.39 is 0 Å². The maximum atomic E-state index is 12.9. The summed E-state index contributed by atoms with van der Waals surface area (Å²) in [6.45, 7) is 0. The fourth-order valence-electron chi connectivity index (χ4n) is 1.33. The first-order valence-corrected chi connectivity index (χ1v) is 5.74. The second kappa shape index (κ2) is 4.89. The topological polar surface area (TPSA) is 25.8 Å². The summed E-state index contributed by atoms with van der Waals surface area (Å²) < 4.78 is 13.6. The average molecular weight is 302 g/mol. The number of hydrogen-bond donors (Lipinski definition) is 0. The van der Waals surface area contributed by atoms with Crippen molar-refractivity contribution in [3.8, 4) is 0 Å². The highest BCUT2D eigenvalue weighted by Gasteiger charge is 2.04. The second-order valence-corrected chi connectivity index (χ2v) is 4.49. The van der Waals surface area contributed by atoms with Crippen LogP contribution in [0.25, 0.3) is 0 Å². The first-order valence-electron chi connectivity index (χ1n) is 4.57. The standard InChI is InChI=1S/C11H7BrClFN2/c12-10-6-9(15-16-11(10)13)5-7-2-1-3-8(14)4-7/h1-4,6H,5H2. The van der Waals surface area contributed by atoms with E-state index in [-0.39, 0.29) is 5.82 Å². The lowest BCUT2D eigenvalue weighted by atomic mass is 10.1. The molecule has 0 radical (unpaired) electrons. The maximum absolute atomic E-state index is 12.9. The highest BCUT2D eigenvalue weighted by molar-refractivity contribution is 9.10. The Morgan fingerprint density at radius 2 is 2.06 bits per heavy atom. The van der Waals surface area contributed by atoms with Gasteiger partial charge in [-0.1, -0.05) is 23.7 Å². The molecule has 0 N–H and O–H groups in total. The van der Waals surface area contributed by atoms with Crippen LogP contribution in [0, 0.1) is 5.82 Å². The van der Waals surface area contributed by atoms with Gasteiger partial charge in [-0.2, -0.15) is 5.10 Å². The number of nitrogens with zero attached hydrogens (tertiary/aromatic N) is 2. The molecule has 1 heterocycles. The number of halogens is 3. The third-order valence-corrected chi connectivity index (χ3v) is 3.14. The summed E-state index contributed by atoms with van der Waals surface area (Å²) in [7, 11) is 0. The largest absolute Gasteiger partial charge is 0.207 e. The molecule has 2 aromatic rings. The minimum absolute atomic E-state index is 0.251. The Bertz CT molecular complexity index is 519. The summed E-state index contributed by atoms with van der Waals surface area (Å²) in [5, 5.41) is 8.02. The molecule has 16 heavy (non-hydrogen) atoms. The Balaban J connectivity index is 2.24. The van der Waals surface area contributed by atoms with E-state index in [1.165, 1.54) is 12.1 Å². The normalized spacial score (nSPS) is 10.4. The van der Waals surface area contributed by atoms with Gasteiger partial charge in [0.15, 0.2) is 5.15 Å². The van der Waals surface area contributed by atoms with Gasteiger partial charge in [0.25, 0.3) is 0 Å². The smallest absolute Gasteiger partial charge is 0.165 e. The van der Waals surface area contributed by atoms with Crippen LogP contribution in [0.4, 0.5) is 4.39 Å². The van der Waals surface area contributed by atoms with Crippen LogP contribution in [0.15, 0.2) is 34.8 Å². The fraction of sp³-hybridized carbons (Fsp3) is 0.0909. The fourth-order valence-corrected chi connectivity index (χ4v) is 1.77. The third-order valence-electron chi connectivity index (χ3n) is 2.03. The molecular weight excluding hydrogens is 294 g/mol. The third kappa shape index (κ3) is 2.77. The van der Waals surface area contributed by atoms with Gasteiger partial charge in [0.2, 0.25) is 0 Å². The molecule has 0 aliphatic rings. The molecule has 0 saturated heterocycles. The van der Waals surface area contributed by atoms with Crippen LogP contribution in [-0.4, -0.2) is 10.2 Å².